The number of aromatic amines is 1. The van der Waals surface area contributed by atoms with Crippen molar-refractivity contribution in [3.05, 3.63) is 18.2 Å². The van der Waals surface area contributed by atoms with Gasteiger partial charge in [0.1, 0.15) is 5.82 Å². The summed E-state index contributed by atoms with van der Waals surface area (Å²) in [6.07, 6.45) is 6.16. The SMILES string of the molecule is CC(NC1CCN(C)CC1)c1ncc[nH]1. The highest BCUT2D eigenvalue weighted by atomic mass is 15.1. The van der Waals surface area contributed by atoms with Gasteiger partial charge in [0, 0.05) is 18.4 Å². The van der Waals surface area contributed by atoms with Crippen molar-refractivity contribution >= 4 is 0 Å². The van der Waals surface area contributed by atoms with Gasteiger partial charge in [0.2, 0.25) is 0 Å². The van der Waals surface area contributed by atoms with Gasteiger partial charge in [-0.05, 0) is 39.9 Å². The largest absolute Gasteiger partial charge is 0.347 e. The van der Waals surface area contributed by atoms with Crippen molar-refractivity contribution in [2.75, 3.05) is 20.1 Å². The number of hydrogen-bond donors (Lipinski definition) is 2. The van der Waals surface area contributed by atoms with Gasteiger partial charge in [0.15, 0.2) is 0 Å². The monoisotopic (exact) mass is 208 g/mol. The molecule has 1 atom stereocenters. The molecular weight excluding hydrogens is 188 g/mol. The molecule has 84 valence electrons. The predicted octanol–water partition coefficient (Wildman–Crippen LogP) is 1.15. The molecular formula is C11H20N4. The zero-order valence-electron chi connectivity index (χ0n) is 9.53. The van der Waals surface area contributed by atoms with Crippen molar-refractivity contribution in [1.29, 1.82) is 0 Å². The number of imidazole rings is 1. The number of rotatable bonds is 3. The van der Waals surface area contributed by atoms with Gasteiger partial charge in [0.05, 0.1) is 6.04 Å². The normalized spacial score (nSPS) is 21.7. The molecule has 4 heteroatoms. The Balaban J connectivity index is 1.82. The first-order chi connectivity index (χ1) is 7.25. The fraction of sp³-hybridized carbons (Fsp3) is 0.727. The summed E-state index contributed by atoms with van der Waals surface area (Å²) in [6, 6.07) is 0.967. The molecule has 1 unspecified atom stereocenters. The van der Waals surface area contributed by atoms with E-state index in [0.717, 1.165) is 5.82 Å². The van der Waals surface area contributed by atoms with Crippen LogP contribution in [-0.2, 0) is 0 Å². The number of likely N-dealkylation sites (tertiary alicyclic amines) is 1. The van der Waals surface area contributed by atoms with E-state index >= 15 is 0 Å². The second-order valence-corrected chi connectivity index (χ2v) is 4.44. The third-order valence-electron chi connectivity index (χ3n) is 3.13. The molecule has 2 rings (SSSR count). The third kappa shape index (κ3) is 2.79. The van der Waals surface area contributed by atoms with Crippen LogP contribution in [0.5, 0.6) is 0 Å². The average molecular weight is 208 g/mol. The number of nitrogens with one attached hydrogen (secondary N) is 2. The van der Waals surface area contributed by atoms with Crippen LogP contribution >= 0.6 is 0 Å². The molecule has 0 saturated carbocycles. The lowest BCUT2D eigenvalue weighted by atomic mass is 10.0. The van der Waals surface area contributed by atoms with E-state index < -0.39 is 0 Å². The lowest BCUT2D eigenvalue weighted by Gasteiger charge is -2.31. The van der Waals surface area contributed by atoms with Crippen LogP contribution in [0, 0.1) is 0 Å². The molecule has 15 heavy (non-hydrogen) atoms. The van der Waals surface area contributed by atoms with Crippen LogP contribution in [0.25, 0.3) is 0 Å². The van der Waals surface area contributed by atoms with E-state index in [4.69, 9.17) is 0 Å². The van der Waals surface area contributed by atoms with E-state index in [0.29, 0.717) is 12.1 Å². The smallest absolute Gasteiger partial charge is 0.122 e. The van der Waals surface area contributed by atoms with Crippen LogP contribution in [0.2, 0.25) is 0 Å². The Morgan fingerprint density at radius 2 is 2.27 bits per heavy atom. The summed E-state index contributed by atoms with van der Waals surface area (Å²) < 4.78 is 0. The molecule has 4 nitrogen and oxygen atoms in total. The molecule has 0 aromatic carbocycles. The molecule has 0 aliphatic carbocycles. The quantitative estimate of drug-likeness (QED) is 0.783. The number of H-pyrrole nitrogens is 1. The van der Waals surface area contributed by atoms with E-state index in [1.807, 2.05) is 12.4 Å². The van der Waals surface area contributed by atoms with Gasteiger partial charge in [-0.1, -0.05) is 0 Å². The lowest BCUT2D eigenvalue weighted by Crippen LogP contribution is -2.41. The standard InChI is InChI=1S/C11H20N4/c1-9(11-12-5-6-13-11)14-10-3-7-15(2)8-4-10/h5-6,9-10,14H,3-4,7-8H2,1-2H3,(H,12,13). The number of aromatic nitrogens is 2. The van der Waals surface area contributed by atoms with Gasteiger partial charge in [-0.15, -0.1) is 0 Å². The predicted molar refractivity (Wildman–Crippen MR) is 60.7 cm³/mol. The fourth-order valence-electron chi connectivity index (χ4n) is 2.12. The van der Waals surface area contributed by atoms with Crippen LogP contribution in [0.4, 0.5) is 0 Å². The topological polar surface area (TPSA) is 44.0 Å². The number of hydrogen-bond acceptors (Lipinski definition) is 3. The van der Waals surface area contributed by atoms with E-state index in [1.165, 1.54) is 25.9 Å². The molecule has 1 aromatic heterocycles. The highest BCUT2D eigenvalue weighted by Gasteiger charge is 2.19. The van der Waals surface area contributed by atoms with Crippen molar-refractivity contribution in [3.8, 4) is 0 Å². The molecule has 1 fully saturated rings. The minimum absolute atomic E-state index is 0.327. The molecule has 1 aliphatic rings. The Morgan fingerprint density at radius 1 is 1.53 bits per heavy atom. The minimum atomic E-state index is 0.327. The molecule has 2 heterocycles. The van der Waals surface area contributed by atoms with E-state index in [-0.39, 0.29) is 0 Å². The highest BCUT2D eigenvalue weighted by Crippen LogP contribution is 2.13. The number of piperidine rings is 1. The highest BCUT2D eigenvalue weighted by molar-refractivity contribution is 4.95. The Bertz CT molecular complexity index is 275. The summed E-state index contributed by atoms with van der Waals surface area (Å²) in [4.78, 5) is 9.80. The third-order valence-corrected chi connectivity index (χ3v) is 3.13. The van der Waals surface area contributed by atoms with Crippen molar-refractivity contribution in [3.63, 3.8) is 0 Å². The van der Waals surface area contributed by atoms with Crippen molar-refractivity contribution < 1.29 is 0 Å². The van der Waals surface area contributed by atoms with Gasteiger partial charge in [-0.25, -0.2) is 4.98 Å². The summed E-state index contributed by atoms with van der Waals surface area (Å²) in [6.45, 7) is 4.56. The molecule has 0 bridgehead atoms. The van der Waals surface area contributed by atoms with Crippen molar-refractivity contribution in [2.24, 2.45) is 0 Å². The Hall–Kier alpha value is -0.870. The summed E-state index contributed by atoms with van der Waals surface area (Å²) in [5.41, 5.74) is 0. The Morgan fingerprint density at radius 3 is 2.87 bits per heavy atom. The fourth-order valence-corrected chi connectivity index (χ4v) is 2.12. The Labute approximate surface area is 91.1 Å². The van der Waals surface area contributed by atoms with E-state index in [9.17, 15) is 0 Å². The van der Waals surface area contributed by atoms with Crippen LogP contribution in [0.15, 0.2) is 12.4 Å². The average Bonchev–Trinajstić information content (AvgIpc) is 2.74. The zero-order valence-corrected chi connectivity index (χ0v) is 9.53. The summed E-state index contributed by atoms with van der Waals surface area (Å²) in [5.74, 6) is 1.04. The van der Waals surface area contributed by atoms with Crippen LogP contribution in [0.1, 0.15) is 31.6 Å². The summed E-state index contributed by atoms with van der Waals surface area (Å²) >= 11 is 0. The van der Waals surface area contributed by atoms with Crippen LogP contribution < -0.4 is 5.32 Å². The molecule has 0 amide bonds. The summed E-state index contributed by atoms with van der Waals surface area (Å²) in [7, 11) is 2.19. The molecule has 1 saturated heterocycles. The second-order valence-electron chi connectivity index (χ2n) is 4.44. The van der Waals surface area contributed by atoms with Crippen LogP contribution in [-0.4, -0.2) is 41.0 Å². The first-order valence-electron chi connectivity index (χ1n) is 5.69. The molecule has 1 aliphatic heterocycles. The van der Waals surface area contributed by atoms with Crippen molar-refractivity contribution in [1.82, 2.24) is 20.2 Å². The number of nitrogens with zero attached hydrogens (tertiary/aromatic N) is 2. The van der Waals surface area contributed by atoms with Gasteiger partial charge >= 0.3 is 0 Å². The molecule has 0 radical (unpaired) electrons. The maximum Gasteiger partial charge on any atom is 0.122 e. The zero-order chi connectivity index (χ0) is 10.7. The van der Waals surface area contributed by atoms with E-state index in [2.05, 4.69) is 34.2 Å². The van der Waals surface area contributed by atoms with Gasteiger partial charge in [0.25, 0.3) is 0 Å². The molecule has 0 spiro atoms. The lowest BCUT2D eigenvalue weighted by molar-refractivity contribution is 0.225. The molecule has 1 aromatic rings. The Kier molecular flexibility index (Phi) is 3.38. The van der Waals surface area contributed by atoms with E-state index in [1.54, 1.807) is 0 Å². The van der Waals surface area contributed by atoms with Crippen LogP contribution in [0.3, 0.4) is 0 Å². The summed E-state index contributed by atoms with van der Waals surface area (Å²) in [5, 5.41) is 3.62. The first-order valence-corrected chi connectivity index (χ1v) is 5.69. The van der Waals surface area contributed by atoms with Gasteiger partial charge in [-0.3, -0.25) is 0 Å². The first kappa shape index (κ1) is 10.6. The van der Waals surface area contributed by atoms with Gasteiger partial charge < -0.3 is 15.2 Å². The maximum atomic E-state index is 4.27. The maximum absolute atomic E-state index is 4.27. The van der Waals surface area contributed by atoms with Crippen molar-refractivity contribution in [2.45, 2.75) is 31.8 Å². The second kappa shape index (κ2) is 4.77. The van der Waals surface area contributed by atoms with Gasteiger partial charge in [-0.2, -0.15) is 0 Å². The minimum Gasteiger partial charge on any atom is -0.347 e. The molecule has 2 N–H and O–H groups in total.